The van der Waals surface area contributed by atoms with E-state index in [1.807, 2.05) is 19.1 Å². The summed E-state index contributed by atoms with van der Waals surface area (Å²) in [4.78, 5) is 15.1. The molecule has 0 bridgehead atoms. The van der Waals surface area contributed by atoms with Crippen molar-refractivity contribution in [3.63, 3.8) is 0 Å². The predicted molar refractivity (Wildman–Crippen MR) is 78.4 cm³/mol. The van der Waals surface area contributed by atoms with Gasteiger partial charge >= 0.3 is 0 Å². The van der Waals surface area contributed by atoms with Gasteiger partial charge in [-0.15, -0.1) is 12.6 Å². The first-order chi connectivity index (χ1) is 8.56. The number of thiol groups is 1. The summed E-state index contributed by atoms with van der Waals surface area (Å²) in [5.74, 6) is -0.0365. The molecule has 0 aromatic heterocycles. The predicted octanol–water partition coefficient (Wildman–Crippen LogP) is 2.44. The number of hydrogen-bond acceptors (Lipinski definition) is 3. The van der Waals surface area contributed by atoms with Crippen molar-refractivity contribution in [2.45, 2.75) is 31.7 Å². The molecule has 0 saturated carbocycles. The van der Waals surface area contributed by atoms with Gasteiger partial charge in [-0.3, -0.25) is 4.79 Å². The quantitative estimate of drug-likeness (QED) is 0.775. The molecule has 1 aromatic carbocycles. The third-order valence-corrected chi connectivity index (χ3v) is 3.19. The third kappa shape index (κ3) is 4.70. The fourth-order valence-corrected chi connectivity index (χ4v) is 2.09. The highest BCUT2D eigenvalue weighted by molar-refractivity contribution is 7.80. The number of carbonyl (C=O) groups is 1. The van der Waals surface area contributed by atoms with Crippen LogP contribution in [0.25, 0.3) is 0 Å². The maximum atomic E-state index is 12.0. The molecule has 0 spiro atoms. The van der Waals surface area contributed by atoms with E-state index in [9.17, 15) is 4.79 Å². The van der Waals surface area contributed by atoms with E-state index in [1.165, 1.54) is 0 Å². The second-order valence-corrected chi connectivity index (χ2v) is 4.93. The molecule has 1 N–H and O–H groups in total. The van der Waals surface area contributed by atoms with Gasteiger partial charge in [0, 0.05) is 23.0 Å². The molecule has 100 valence electrons. The van der Waals surface area contributed by atoms with Crippen LogP contribution in [0.4, 0.5) is 0 Å². The Bertz CT molecular complexity index is 391. The number of nitrogens with zero attached hydrogens (tertiary/aromatic N) is 1. The Kier molecular flexibility index (Phi) is 6.22. The molecule has 1 atom stereocenters. The third-order valence-electron chi connectivity index (χ3n) is 2.91. The van der Waals surface area contributed by atoms with Crippen molar-refractivity contribution in [3.8, 4) is 0 Å². The van der Waals surface area contributed by atoms with Crippen LogP contribution in [-0.2, 0) is 0 Å². The van der Waals surface area contributed by atoms with Crippen LogP contribution in [0.15, 0.2) is 29.2 Å². The van der Waals surface area contributed by atoms with Gasteiger partial charge < -0.3 is 10.2 Å². The van der Waals surface area contributed by atoms with Gasteiger partial charge in [0.25, 0.3) is 5.91 Å². The molecule has 0 radical (unpaired) electrons. The first-order valence-electron chi connectivity index (χ1n) is 6.39. The minimum atomic E-state index is -0.0365. The maximum Gasteiger partial charge on any atom is 0.251 e. The molecule has 0 aliphatic heterocycles. The van der Waals surface area contributed by atoms with Gasteiger partial charge in [-0.2, -0.15) is 0 Å². The number of benzene rings is 1. The van der Waals surface area contributed by atoms with Crippen LogP contribution >= 0.6 is 12.6 Å². The Morgan fingerprint density at radius 3 is 2.61 bits per heavy atom. The largest absolute Gasteiger partial charge is 0.348 e. The fourth-order valence-electron chi connectivity index (χ4n) is 1.87. The molecule has 0 aliphatic carbocycles. The number of hydrogen-bond donors (Lipinski definition) is 2. The van der Waals surface area contributed by atoms with E-state index in [2.05, 4.69) is 36.7 Å². The first-order valence-corrected chi connectivity index (χ1v) is 6.83. The highest BCUT2D eigenvalue weighted by Gasteiger charge is 2.11. The summed E-state index contributed by atoms with van der Waals surface area (Å²) in [5, 5.41) is 3.01. The Hall–Kier alpha value is -1.00. The molecule has 3 nitrogen and oxygen atoms in total. The zero-order chi connectivity index (χ0) is 13.5. The maximum absolute atomic E-state index is 12.0. The summed E-state index contributed by atoms with van der Waals surface area (Å²) in [6, 6.07) is 7.42. The second-order valence-electron chi connectivity index (χ2n) is 4.41. The van der Waals surface area contributed by atoms with Crippen LogP contribution in [0.1, 0.15) is 31.1 Å². The highest BCUT2D eigenvalue weighted by atomic mass is 32.1. The monoisotopic (exact) mass is 266 g/mol. The molecule has 1 amide bonds. The lowest BCUT2D eigenvalue weighted by molar-refractivity contribution is 0.0930. The Morgan fingerprint density at radius 1 is 1.39 bits per heavy atom. The summed E-state index contributed by atoms with van der Waals surface area (Å²) in [6.45, 7) is 9.16. The zero-order valence-electron chi connectivity index (χ0n) is 11.3. The van der Waals surface area contributed by atoms with Gasteiger partial charge in [0.05, 0.1) is 0 Å². The molecule has 18 heavy (non-hydrogen) atoms. The second kappa shape index (κ2) is 7.44. The van der Waals surface area contributed by atoms with Crippen molar-refractivity contribution in [3.05, 3.63) is 29.8 Å². The summed E-state index contributed by atoms with van der Waals surface area (Å²) < 4.78 is 0. The number of amides is 1. The normalized spacial score (nSPS) is 12.5. The average Bonchev–Trinajstić information content (AvgIpc) is 2.35. The van der Waals surface area contributed by atoms with E-state index < -0.39 is 0 Å². The fraction of sp³-hybridized carbons (Fsp3) is 0.500. The smallest absolute Gasteiger partial charge is 0.251 e. The lowest BCUT2D eigenvalue weighted by atomic mass is 10.2. The van der Waals surface area contributed by atoms with Crippen molar-refractivity contribution in [2.24, 2.45) is 0 Å². The first kappa shape index (κ1) is 15.1. The van der Waals surface area contributed by atoms with Gasteiger partial charge in [0.15, 0.2) is 0 Å². The van der Waals surface area contributed by atoms with Crippen molar-refractivity contribution in [1.82, 2.24) is 10.2 Å². The molecular formula is C14H22N2OS. The molecule has 1 unspecified atom stereocenters. The number of likely N-dealkylation sites (N-methyl/N-ethyl adjacent to an activating group) is 1. The van der Waals surface area contributed by atoms with Crippen molar-refractivity contribution >= 4 is 18.5 Å². The van der Waals surface area contributed by atoms with E-state index in [1.54, 1.807) is 12.1 Å². The average molecular weight is 266 g/mol. The standard InChI is InChI=1S/C14H22N2OS/c1-4-16(5-2)10-11(3)15-14(17)12-7-6-8-13(18)9-12/h6-9,11,18H,4-5,10H2,1-3H3,(H,15,17). The van der Waals surface area contributed by atoms with Gasteiger partial charge in [0.2, 0.25) is 0 Å². The van der Waals surface area contributed by atoms with E-state index in [0.29, 0.717) is 5.56 Å². The molecule has 0 aliphatic rings. The number of nitrogens with one attached hydrogen (secondary N) is 1. The van der Waals surface area contributed by atoms with Crippen LogP contribution in [0.3, 0.4) is 0 Å². The summed E-state index contributed by atoms with van der Waals surface area (Å²) >= 11 is 4.24. The molecule has 0 fully saturated rings. The molecule has 0 saturated heterocycles. The minimum absolute atomic E-state index is 0.0365. The lowest BCUT2D eigenvalue weighted by Gasteiger charge is -2.23. The topological polar surface area (TPSA) is 32.3 Å². The van der Waals surface area contributed by atoms with Gasteiger partial charge in [-0.1, -0.05) is 19.9 Å². The van der Waals surface area contributed by atoms with Gasteiger partial charge in [0.1, 0.15) is 0 Å². The van der Waals surface area contributed by atoms with Crippen molar-refractivity contribution in [1.29, 1.82) is 0 Å². The molecular weight excluding hydrogens is 244 g/mol. The van der Waals surface area contributed by atoms with Gasteiger partial charge in [-0.05, 0) is 38.2 Å². The molecule has 0 heterocycles. The van der Waals surface area contributed by atoms with Crippen LogP contribution in [0, 0.1) is 0 Å². The van der Waals surface area contributed by atoms with Crippen LogP contribution in [-0.4, -0.2) is 36.5 Å². The SMILES string of the molecule is CCN(CC)CC(C)NC(=O)c1cccc(S)c1. The molecule has 1 rings (SSSR count). The van der Waals surface area contributed by atoms with E-state index in [-0.39, 0.29) is 11.9 Å². The Morgan fingerprint density at radius 2 is 2.06 bits per heavy atom. The summed E-state index contributed by atoms with van der Waals surface area (Å²) in [5.41, 5.74) is 0.661. The van der Waals surface area contributed by atoms with Crippen molar-refractivity contribution < 1.29 is 4.79 Å². The van der Waals surface area contributed by atoms with Crippen LogP contribution in [0.5, 0.6) is 0 Å². The Balaban J connectivity index is 2.54. The molecule has 4 heteroatoms. The molecule has 1 aromatic rings. The minimum Gasteiger partial charge on any atom is -0.348 e. The highest BCUT2D eigenvalue weighted by Crippen LogP contribution is 2.08. The lowest BCUT2D eigenvalue weighted by Crippen LogP contribution is -2.41. The Labute approximate surface area is 115 Å². The van der Waals surface area contributed by atoms with Crippen LogP contribution in [0.2, 0.25) is 0 Å². The number of rotatable bonds is 6. The van der Waals surface area contributed by atoms with E-state index >= 15 is 0 Å². The number of carbonyl (C=O) groups excluding carboxylic acids is 1. The van der Waals surface area contributed by atoms with E-state index in [0.717, 1.165) is 24.5 Å². The summed E-state index contributed by atoms with van der Waals surface area (Å²) in [6.07, 6.45) is 0. The van der Waals surface area contributed by atoms with Gasteiger partial charge in [-0.25, -0.2) is 0 Å². The van der Waals surface area contributed by atoms with Crippen LogP contribution < -0.4 is 5.32 Å². The van der Waals surface area contributed by atoms with E-state index in [4.69, 9.17) is 0 Å². The zero-order valence-corrected chi connectivity index (χ0v) is 12.2. The summed E-state index contributed by atoms with van der Waals surface area (Å²) in [7, 11) is 0. The van der Waals surface area contributed by atoms with Crippen molar-refractivity contribution in [2.75, 3.05) is 19.6 Å².